The first kappa shape index (κ1) is 22.0. The van der Waals surface area contributed by atoms with E-state index in [0.29, 0.717) is 40.7 Å². The predicted octanol–water partition coefficient (Wildman–Crippen LogP) is 4.91. The first-order chi connectivity index (χ1) is 16.9. The lowest BCUT2D eigenvalue weighted by Gasteiger charge is -2.27. The maximum Gasteiger partial charge on any atom is 0.274 e. The van der Waals surface area contributed by atoms with Crippen molar-refractivity contribution in [2.45, 2.75) is 45.7 Å². The summed E-state index contributed by atoms with van der Waals surface area (Å²) in [6.07, 6.45) is 1.92. The van der Waals surface area contributed by atoms with Crippen molar-refractivity contribution in [3.8, 4) is 10.4 Å². The molecule has 1 saturated carbocycles. The Morgan fingerprint density at radius 2 is 1.94 bits per heavy atom. The molecule has 4 aromatic rings. The summed E-state index contributed by atoms with van der Waals surface area (Å²) in [6, 6.07) is 13.7. The number of aromatic nitrogens is 2. The summed E-state index contributed by atoms with van der Waals surface area (Å²) in [5.74, 6) is 0.770. The van der Waals surface area contributed by atoms with Gasteiger partial charge in [0.2, 0.25) is 0 Å². The van der Waals surface area contributed by atoms with E-state index < -0.39 is 0 Å². The van der Waals surface area contributed by atoms with Gasteiger partial charge in [0.1, 0.15) is 11.2 Å². The Labute approximate surface area is 207 Å². The molecule has 7 nitrogen and oxygen atoms in total. The van der Waals surface area contributed by atoms with Gasteiger partial charge in [-0.1, -0.05) is 35.9 Å². The Balaban J connectivity index is 1.23. The highest BCUT2D eigenvalue weighted by Crippen LogP contribution is 2.48. The molecule has 3 atom stereocenters. The molecule has 2 aromatic heterocycles. The molecule has 2 aliphatic rings. The maximum absolute atomic E-state index is 13.8. The minimum Gasteiger partial charge on any atom is -0.440 e. The SMILES string of the molecule is Cc1cccc(-c2sc(C)nc2C(=O)N2[C@H](CNC(=O)c3cccc4nc(C)oc34)C[C@@H]3C[C@@H]32)c1. The molecule has 6 rings (SSSR count). The summed E-state index contributed by atoms with van der Waals surface area (Å²) in [6.45, 7) is 6.15. The number of fused-ring (bicyclic) bond motifs is 2. The van der Waals surface area contributed by atoms with Crippen LogP contribution in [0.2, 0.25) is 0 Å². The number of rotatable bonds is 5. The third kappa shape index (κ3) is 3.91. The third-order valence-corrected chi connectivity index (χ3v) is 7.95. The molecule has 1 aliphatic carbocycles. The van der Waals surface area contributed by atoms with Crippen LogP contribution in [0.25, 0.3) is 21.5 Å². The van der Waals surface area contributed by atoms with E-state index >= 15 is 0 Å². The molecule has 3 heterocycles. The Hall–Kier alpha value is -3.52. The second kappa shape index (κ2) is 8.30. The average Bonchev–Trinajstić information content (AvgIpc) is 3.15. The van der Waals surface area contributed by atoms with E-state index in [2.05, 4.69) is 21.4 Å². The second-order valence-electron chi connectivity index (χ2n) is 9.54. The van der Waals surface area contributed by atoms with E-state index in [9.17, 15) is 9.59 Å². The Bertz CT molecular complexity index is 1470. The van der Waals surface area contributed by atoms with Gasteiger partial charge in [-0.25, -0.2) is 9.97 Å². The Kier molecular flexibility index (Phi) is 5.21. The van der Waals surface area contributed by atoms with E-state index in [1.54, 1.807) is 30.4 Å². The van der Waals surface area contributed by atoms with Crippen LogP contribution >= 0.6 is 11.3 Å². The first-order valence-corrected chi connectivity index (χ1v) is 12.7. The van der Waals surface area contributed by atoms with Crippen molar-refractivity contribution < 1.29 is 14.0 Å². The van der Waals surface area contributed by atoms with Gasteiger partial charge in [-0.05, 0) is 50.3 Å². The largest absolute Gasteiger partial charge is 0.440 e. The molecule has 178 valence electrons. The van der Waals surface area contributed by atoms with Crippen molar-refractivity contribution in [3.05, 3.63) is 70.2 Å². The van der Waals surface area contributed by atoms with Gasteiger partial charge in [0.25, 0.3) is 11.8 Å². The number of likely N-dealkylation sites (tertiary alicyclic amines) is 1. The highest BCUT2D eigenvalue weighted by atomic mass is 32.1. The standard InChI is InChI=1S/C27H26N4O3S/c1-14-6-4-7-17(10-14)25-23(30-16(3)35-25)27(33)31-19(11-18-12-22(18)31)13-28-26(32)20-8-5-9-21-24(20)34-15(2)29-21/h4-10,18-19,22H,11-13H2,1-3H3,(H,28,32)/t18-,19+,22+/m1/s1. The topological polar surface area (TPSA) is 88.3 Å². The minimum absolute atomic E-state index is 0.0388. The smallest absolute Gasteiger partial charge is 0.274 e. The lowest BCUT2D eigenvalue weighted by atomic mass is 10.1. The van der Waals surface area contributed by atoms with E-state index in [1.807, 2.05) is 43.0 Å². The van der Waals surface area contributed by atoms with Crippen LogP contribution in [-0.2, 0) is 0 Å². The van der Waals surface area contributed by atoms with Crippen LogP contribution in [-0.4, -0.2) is 45.3 Å². The molecule has 0 bridgehead atoms. The van der Waals surface area contributed by atoms with Crippen molar-refractivity contribution in [2.75, 3.05) is 6.54 Å². The van der Waals surface area contributed by atoms with Crippen molar-refractivity contribution in [3.63, 3.8) is 0 Å². The number of benzene rings is 2. The van der Waals surface area contributed by atoms with Gasteiger partial charge in [0.15, 0.2) is 11.5 Å². The summed E-state index contributed by atoms with van der Waals surface area (Å²) < 4.78 is 5.66. The minimum atomic E-state index is -0.218. The third-order valence-electron chi connectivity index (χ3n) is 6.93. The maximum atomic E-state index is 13.8. The Morgan fingerprint density at radius 3 is 2.77 bits per heavy atom. The number of amides is 2. The van der Waals surface area contributed by atoms with E-state index in [0.717, 1.165) is 33.9 Å². The van der Waals surface area contributed by atoms with Crippen molar-refractivity contribution in [1.82, 2.24) is 20.2 Å². The van der Waals surface area contributed by atoms with Gasteiger partial charge in [-0.2, -0.15) is 0 Å². The second-order valence-corrected chi connectivity index (χ2v) is 10.7. The van der Waals surface area contributed by atoms with Gasteiger partial charge >= 0.3 is 0 Å². The van der Waals surface area contributed by atoms with Crippen LogP contribution in [0.15, 0.2) is 46.9 Å². The quantitative estimate of drug-likeness (QED) is 0.433. The van der Waals surface area contributed by atoms with Crippen LogP contribution in [0.3, 0.4) is 0 Å². The Morgan fingerprint density at radius 1 is 1.11 bits per heavy atom. The van der Waals surface area contributed by atoms with Gasteiger partial charge in [0.05, 0.1) is 21.5 Å². The molecule has 2 aromatic carbocycles. The molecule has 2 fully saturated rings. The number of para-hydroxylation sites is 1. The van der Waals surface area contributed by atoms with Gasteiger partial charge in [0, 0.05) is 19.5 Å². The molecule has 0 unspecified atom stereocenters. The molecule has 1 saturated heterocycles. The predicted molar refractivity (Wildman–Crippen MR) is 135 cm³/mol. The lowest BCUT2D eigenvalue weighted by molar-refractivity contribution is 0.0684. The molecule has 1 aliphatic heterocycles. The first-order valence-electron chi connectivity index (χ1n) is 11.9. The van der Waals surface area contributed by atoms with E-state index in [1.165, 1.54) is 0 Å². The fraction of sp³-hybridized carbons (Fsp3) is 0.333. The van der Waals surface area contributed by atoms with E-state index in [-0.39, 0.29) is 23.9 Å². The number of oxazole rings is 1. The van der Waals surface area contributed by atoms with Crippen LogP contribution in [0.5, 0.6) is 0 Å². The number of hydrogen-bond acceptors (Lipinski definition) is 6. The van der Waals surface area contributed by atoms with Crippen LogP contribution < -0.4 is 5.32 Å². The number of piperidine rings is 1. The number of carbonyl (C=O) groups is 2. The normalized spacial score (nSPS) is 20.8. The van der Waals surface area contributed by atoms with Gasteiger partial charge in [-0.3, -0.25) is 9.59 Å². The fourth-order valence-corrected chi connectivity index (χ4v) is 6.19. The number of nitrogens with one attached hydrogen (secondary N) is 1. The highest BCUT2D eigenvalue weighted by Gasteiger charge is 2.54. The van der Waals surface area contributed by atoms with Crippen LogP contribution in [0.4, 0.5) is 0 Å². The van der Waals surface area contributed by atoms with Crippen molar-refractivity contribution >= 4 is 34.3 Å². The highest BCUT2D eigenvalue weighted by molar-refractivity contribution is 7.15. The van der Waals surface area contributed by atoms with Crippen LogP contribution in [0, 0.1) is 26.7 Å². The summed E-state index contributed by atoms with van der Waals surface area (Å²) in [5, 5.41) is 3.91. The molecular weight excluding hydrogens is 460 g/mol. The lowest BCUT2D eigenvalue weighted by Crippen LogP contribution is -2.45. The zero-order valence-electron chi connectivity index (χ0n) is 19.9. The molecule has 2 amide bonds. The number of nitrogens with zero attached hydrogens (tertiary/aromatic N) is 3. The summed E-state index contributed by atoms with van der Waals surface area (Å²) in [5.41, 5.74) is 4.30. The molecule has 8 heteroatoms. The van der Waals surface area contributed by atoms with Crippen LogP contribution in [0.1, 0.15) is 50.1 Å². The summed E-state index contributed by atoms with van der Waals surface area (Å²) >= 11 is 1.55. The summed E-state index contributed by atoms with van der Waals surface area (Å²) in [7, 11) is 0. The number of aryl methyl sites for hydroxylation is 3. The summed E-state index contributed by atoms with van der Waals surface area (Å²) in [4.78, 5) is 38.7. The zero-order chi connectivity index (χ0) is 24.3. The van der Waals surface area contributed by atoms with Gasteiger partial charge in [-0.15, -0.1) is 11.3 Å². The zero-order valence-corrected chi connectivity index (χ0v) is 20.7. The monoisotopic (exact) mass is 486 g/mol. The number of carbonyl (C=O) groups excluding carboxylic acids is 2. The fourth-order valence-electron chi connectivity index (χ4n) is 5.28. The van der Waals surface area contributed by atoms with Crippen molar-refractivity contribution in [2.24, 2.45) is 5.92 Å². The molecular formula is C27H26N4O3S. The van der Waals surface area contributed by atoms with Crippen molar-refractivity contribution in [1.29, 1.82) is 0 Å². The molecule has 0 radical (unpaired) electrons. The van der Waals surface area contributed by atoms with E-state index in [4.69, 9.17) is 4.42 Å². The number of thiazole rings is 1. The number of hydrogen-bond donors (Lipinski definition) is 1. The van der Waals surface area contributed by atoms with Gasteiger partial charge < -0.3 is 14.6 Å². The molecule has 35 heavy (non-hydrogen) atoms. The average molecular weight is 487 g/mol. The molecule has 1 N–H and O–H groups in total. The molecule has 0 spiro atoms.